The highest BCUT2D eigenvalue weighted by Gasteiger charge is 2.01. The summed E-state index contributed by atoms with van der Waals surface area (Å²) >= 11 is 14.4. The summed E-state index contributed by atoms with van der Waals surface area (Å²) in [5.41, 5.74) is 0. The van der Waals surface area contributed by atoms with Gasteiger partial charge in [0.1, 0.15) is 0 Å². The molecule has 0 nitrogen and oxygen atoms in total. The number of hydrogen-bond donors (Lipinski definition) is 3. The van der Waals surface area contributed by atoms with Crippen LogP contribution in [0.2, 0.25) is 0 Å². The Balaban J connectivity index is 3.21. The fraction of sp³-hybridized carbons (Fsp3) is 0.143. The van der Waals surface area contributed by atoms with Gasteiger partial charge < -0.3 is 0 Å². The molecule has 0 saturated carbocycles. The molecule has 0 aliphatic rings. The molecule has 0 radical (unpaired) electrons. The largest absolute Gasteiger partial charge is 0.142 e. The summed E-state index contributed by atoms with van der Waals surface area (Å²) in [6.07, 6.45) is 2.01. The second kappa shape index (κ2) is 4.03. The van der Waals surface area contributed by atoms with Crippen molar-refractivity contribution in [1.82, 2.24) is 0 Å². The monoisotopic (exact) mass is 220 g/mol. The van der Waals surface area contributed by atoms with Gasteiger partial charge in [-0.3, -0.25) is 0 Å². The SMILES string of the molecule is CSc1cc(S)c(S)cc1S. The van der Waals surface area contributed by atoms with Gasteiger partial charge in [0.15, 0.2) is 0 Å². The van der Waals surface area contributed by atoms with Crippen molar-refractivity contribution in [3.05, 3.63) is 12.1 Å². The Morgan fingerprint density at radius 1 is 1.00 bits per heavy atom. The van der Waals surface area contributed by atoms with Crippen LogP contribution in [0.25, 0.3) is 0 Å². The van der Waals surface area contributed by atoms with Crippen LogP contribution in [0, 0.1) is 0 Å². The Morgan fingerprint density at radius 2 is 1.55 bits per heavy atom. The fourth-order valence-corrected chi connectivity index (χ4v) is 2.26. The van der Waals surface area contributed by atoms with Crippen LogP contribution in [0.1, 0.15) is 0 Å². The van der Waals surface area contributed by atoms with Crippen molar-refractivity contribution in [1.29, 1.82) is 0 Å². The number of benzene rings is 1. The van der Waals surface area contributed by atoms with Gasteiger partial charge in [-0.25, -0.2) is 0 Å². The lowest BCUT2D eigenvalue weighted by molar-refractivity contribution is 1.11. The van der Waals surface area contributed by atoms with E-state index in [9.17, 15) is 0 Å². The first-order chi connectivity index (χ1) is 5.15. The van der Waals surface area contributed by atoms with Crippen LogP contribution in [-0.2, 0) is 0 Å². The first-order valence-corrected chi connectivity index (χ1v) is 5.50. The van der Waals surface area contributed by atoms with Gasteiger partial charge >= 0.3 is 0 Å². The number of thioether (sulfide) groups is 1. The quantitative estimate of drug-likeness (QED) is 0.482. The van der Waals surface area contributed by atoms with Crippen molar-refractivity contribution >= 4 is 49.6 Å². The zero-order chi connectivity index (χ0) is 8.43. The summed E-state index contributed by atoms with van der Waals surface area (Å²) < 4.78 is 0. The highest BCUT2D eigenvalue weighted by Crippen LogP contribution is 2.30. The Hall–Kier alpha value is 0.620. The van der Waals surface area contributed by atoms with Gasteiger partial charge in [-0.1, -0.05) is 0 Å². The molecule has 1 rings (SSSR count). The molecule has 0 unspecified atom stereocenters. The summed E-state index contributed by atoms with van der Waals surface area (Å²) in [5.74, 6) is 0. The van der Waals surface area contributed by atoms with Crippen LogP contribution in [0.5, 0.6) is 0 Å². The summed E-state index contributed by atoms with van der Waals surface area (Å²) in [5, 5.41) is 0. The van der Waals surface area contributed by atoms with Crippen LogP contribution in [0.3, 0.4) is 0 Å². The van der Waals surface area contributed by atoms with Crippen molar-refractivity contribution in [2.75, 3.05) is 6.26 Å². The highest BCUT2D eigenvalue weighted by atomic mass is 32.2. The van der Waals surface area contributed by atoms with E-state index in [1.54, 1.807) is 11.8 Å². The molecule has 0 saturated heterocycles. The molecule has 0 spiro atoms. The van der Waals surface area contributed by atoms with Gasteiger partial charge in [0.25, 0.3) is 0 Å². The number of rotatable bonds is 1. The third-order valence-corrected chi connectivity index (χ3v) is 3.49. The molecule has 1 aromatic carbocycles. The fourth-order valence-electron chi connectivity index (χ4n) is 0.710. The van der Waals surface area contributed by atoms with Crippen LogP contribution in [-0.4, -0.2) is 6.26 Å². The van der Waals surface area contributed by atoms with Crippen molar-refractivity contribution in [2.45, 2.75) is 19.6 Å². The normalized spacial score (nSPS) is 10.2. The van der Waals surface area contributed by atoms with E-state index in [0.717, 1.165) is 19.6 Å². The molecule has 0 atom stereocenters. The maximum atomic E-state index is 4.29. The standard InChI is InChI=1S/C7H8S4/c1-11-7-3-5(9)4(8)2-6(7)10/h2-3,8-10H,1H3. The predicted octanol–water partition coefficient (Wildman–Crippen LogP) is 3.27. The summed E-state index contributed by atoms with van der Waals surface area (Å²) in [4.78, 5) is 3.86. The molecular weight excluding hydrogens is 212 g/mol. The van der Waals surface area contributed by atoms with Crippen LogP contribution >= 0.6 is 49.6 Å². The zero-order valence-electron chi connectivity index (χ0n) is 5.90. The second-order valence-corrected chi connectivity index (χ2v) is 4.31. The molecule has 0 heterocycles. The molecular formula is C7H8S4. The smallest absolute Gasteiger partial charge is 0.0214 e. The Labute approximate surface area is 87.4 Å². The Morgan fingerprint density at radius 3 is 2.09 bits per heavy atom. The third kappa shape index (κ3) is 2.28. The van der Waals surface area contributed by atoms with Gasteiger partial charge in [0, 0.05) is 19.6 Å². The van der Waals surface area contributed by atoms with Crippen molar-refractivity contribution in [2.24, 2.45) is 0 Å². The van der Waals surface area contributed by atoms with Crippen molar-refractivity contribution in [3.8, 4) is 0 Å². The molecule has 0 bridgehead atoms. The third-order valence-electron chi connectivity index (χ3n) is 1.28. The molecule has 0 N–H and O–H groups in total. The lowest BCUT2D eigenvalue weighted by Gasteiger charge is -2.04. The average molecular weight is 220 g/mol. The molecule has 0 amide bonds. The first-order valence-electron chi connectivity index (χ1n) is 2.94. The zero-order valence-corrected chi connectivity index (χ0v) is 9.40. The minimum atomic E-state index is 0.871. The first kappa shape index (κ1) is 9.71. The molecule has 0 aliphatic heterocycles. The minimum absolute atomic E-state index is 0.871. The van der Waals surface area contributed by atoms with Crippen LogP contribution in [0.15, 0.2) is 31.7 Å². The molecule has 4 heteroatoms. The minimum Gasteiger partial charge on any atom is -0.142 e. The molecule has 0 aromatic heterocycles. The average Bonchev–Trinajstić information content (AvgIpc) is 1.97. The van der Waals surface area contributed by atoms with E-state index in [2.05, 4.69) is 37.9 Å². The summed E-state index contributed by atoms with van der Waals surface area (Å²) in [7, 11) is 0. The molecule has 60 valence electrons. The van der Waals surface area contributed by atoms with E-state index in [0.29, 0.717) is 0 Å². The predicted molar refractivity (Wildman–Crippen MR) is 60.0 cm³/mol. The lowest BCUT2D eigenvalue weighted by Crippen LogP contribution is -1.77. The van der Waals surface area contributed by atoms with E-state index in [4.69, 9.17) is 0 Å². The van der Waals surface area contributed by atoms with Crippen LogP contribution < -0.4 is 0 Å². The lowest BCUT2D eigenvalue weighted by atomic mass is 10.3. The van der Waals surface area contributed by atoms with Gasteiger partial charge in [-0.15, -0.1) is 49.6 Å². The van der Waals surface area contributed by atoms with E-state index in [-0.39, 0.29) is 0 Å². The van der Waals surface area contributed by atoms with E-state index in [1.807, 2.05) is 18.4 Å². The van der Waals surface area contributed by atoms with Crippen molar-refractivity contribution < 1.29 is 0 Å². The maximum absolute atomic E-state index is 4.29. The van der Waals surface area contributed by atoms with Gasteiger partial charge in [-0.2, -0.15) is 0 Å². The molecule has 11 heavy (non-hydrogen) atoms. The topological polar surface area (TPSA) is 0 Å². The van der Waals surface area contributed by atoms with Crippen molar-refractivity contribution in [3.63, 3.8) is 0 Å². The second-order valence-electron chi connectivity index (χ2n) is 2.01. The van der Waals surface area contributed by atoms with E-state index < -0.39 is 0 Å². The van der Waals surface area contributed by atoms with Gasteiger partial charge in [0.2, 0.25) is 0 Å². The summed E-state index contributed by atoms with van der Waals surface area (Å²) in [6.45, 7) is 0. The maximum Gasteiger partial charge on any atom is 0.0214 e. The van der Waals surface area contributed by atoms with E-state index >= 15 is 0 Å². The highest BCUT2D eigenvalue weighted by molar-refractivity contribution is 7.99. The van der Waals surface area contributed by atoms with Gasteiger partial charge in [-0.05, 0) is 18.4 Å². The Kier molecular flexibility index (Phi) is 3.55. The Bertz CT molecular complexity index is 269. The molecule has 0 aliphatic carbocycles. The summed E-state index contributed by atoms with van der Waals surface area (Å²) in [6, 6.07) is 3.87. The van der Waals surface area contributed by atoms with E-state index in [1.165, 1.54) is 0 Å². The van der Waals surface area contributed by atoms with Crippen LogP contribution in [0.4, 0.5) is 0 Å². The number of thiol groups is 3. The molecule has 0 fully saturated rings. The number of hydrogen-bond acceptors (Lipinski definition) is 4. The van der Waals surface area contributed by atoms with Gasteiger partial charge in [0.05, 0.1) is 0 Å². The molecule has 1 aromatic rings.